The van der Waals surface area contributed by atoms with Crippen molar-refractivity contribution in [1.82, 2.24) is 4.90 Å². The number of carboxylic acids is 1. The maximum atomic E-state index is 10.8. The third-order valence-electron chi connectivity index (χ3n) is 3.96. The summed E-state index contributed by atoms with van der Waals surface area (Å²) in [4.78, 5) is 13.1. The van der Waals surface area contributed by atoms with Crippen molar-refractivity contribution >= 4 is 29.2 Å². The van der Waals surface area contributed by atoms with Gasteiger partial charge in [-0.25, -0.2) is 0 Å². The van der Waals surface area contributed by atoms with Crippen LogP contribution in [0, 0.1) is 5.92 Å². The highest BCUT2D eigenvalue weighted by Crippen LogP contribution is 2.27. The van der Waals surface area contributed by atoms with Crippen molar-refractivity contribution < 1.29 is 14.6 Å². The lowest BCUT2D eigenvalue weighted by Gasteiger charge is -2.20. The van der Waals surface area contributed by atoms with Crippen molar-refractivity contribution in [3.8, 4) is 5.75 Å². The van der Waals surface area contributed by atoms with E-state index in [1.54, 1.807) is 18.2 Å². The third-order valence-corrected chi connectivity index (χ3v) is 4.51. The zero-order valence-electron chi connectivity index (χ0n) is 12.4. The van der Waals surface area contributed by atoms with Crippen molar-refractivity contribution in [3.63, 3.8) is 0 Å². The summed E-state index contributed by atoms with van der Waals surface area (Å²) in [5.74, 6) is 0.205. The van der Waals surface area contributed by atoms with Gasteiger partial charge in [-0.15, -0.1) is 0 Å². The monoisotopic (exact) mass is 345 g/mol. The van der Waals surface area contributed by atoms with Crippen molar-refractivity contribution in [2.45, 2.75) is 25.7 Å². The van der Waals surface area contributed by atoms with Gasteiger partial charge in [0.05, 0.1) is 5.02 Å². The normalized spacial score (nSPS) is 19.6. The Labute approximate surface area is 141 Å². The van der Waals surface area contributed by atoms with Crippen LogP contribution in [0.3, 0.4) is 0 Å². The van der Waals surface area contributed by atoms with E-state index in [0.717, 1.165) is 38.9 Å². The van der Waals surface area contributed by atoms with E-state index in [0.29, 0.717) is 28.3 Å². The second kappa shape index (κ2) is 8.61. The summed E-state index contributed by atoms with van der Waals surface area (Å²) in [7, 11) is 0. The number of hydrogen-bond donors (Lipinski definition) is 1. The summed E-state index contributed by atoms with van der Waals surface area (Å²) in [6.45, 7) is 3.26. The lowest BCUT2D eigenvalue weighted by Crippen LogP contribution is -2.29. The lowest BCUT2D eigenvalue weighted by atomic mass is 9.97. The second-order valence-corrected chi connectivity index (χ2v) is 6.50. The minimum absolute atomic E-state index is 0.280. The van der Waals surface area contributed by atoms with E-state index in [4.69, 9.17) is 33.0 Å². The van der Waals surface area contributed by atoms with Gasteiger partial charge in [-0.05, 0) is 50.4 Å². The number of ether oxygens (including phenoxy) is 1. The van der Waals surface area contributed by atoms with Crippen LogP contribution in [-0.2, 0) is 4.79 Å². The second-order valence-electron chi connectivity index (χ2n) is 5.66. The average Bonchev–Trinajstić information content (AvgIpc) is 2.68. The molecule has 4 nitrogen and oxygen atoms in total. The number of hydrogen-bond acceptors (Lipinski definition) is 3. The molecule has 1 atom stereocenters. The topological polar surface area (TPSA) is 49.8 Å². The first-order chi connectivity index (χ1) is 10.5. The standard InChI is InChI=1S/C16H21Cl2NO3/c17-13-3-4-14(18)15(11-13)22-9-8-19-6-1-2-12(5-7-19)10-16(20)21/h3-4,11-12H,1-2,5-10H2,(H,20,21)/t12-/m0/s1. The van der Waals surface area contributed by atoms with Crippen molar-refractivity contribution in [2.24, 2.45) is 5.92 Å². The Morgan fingerprint density at radius 3 is 2.91 bits per heavy atom. The Morgan fingerprint density at radius 1 is 1.32 bits per heavy atom. The Balaban J connectivity index is 1.75. The molecule has 0 bridgehead atoms. The van der Waals surface area contributed by atoms with Crippen molar-refractivity contribution in [3.05, 3.63) is 28.2 Å². The summed E-state index contributed by atoms with van der Waals surface area (Å²) in [5.41, 5.74) is 0. The van der Waals surface area contributed by atoms with Crippen molar-refractivity contribution in [1.29, 1.82) is 0 Å². The van der Waals surface area contributed by atoms with Crippen LogP contribution in [0.4, 0.5) is 0 Å². The van der Waals surface area contributed by atoms with Crippen LogP contribution in [0.1, 0.15) is 25.7 Å². The molecule has 1 aliphatic heterocycles. The number of halogens is 2. The molecular formula is C16H21Cl2NO3. The molecule has 0 saturated carbocycles. The molecule has 1 fully saturated rings. The van der Waals surface area contributed by atoms with Crippen LogP contribution < -0.4 is 4.74 Å². The lowest BCUT2D eigenvalue weighted by molar-refractivity contribution is -0.138. The molecule has 122 valence electrons. The summed E-state index contributed by atoms with van der Waals surface area (Å²) < 4.78 is 5.70. The van der Waals surface area contributed by atoms with Crippen LogP contribution in [0.15, 0.2) is 18.2 Å². The van der Waals surface area contributed by atoms with E-state index in [9.17, 15) is 4.79 Å². The first-order valence-electron chi connectivity index (χ1n) is 7.56. The number of benzene rings is 1. The Kier molecular flexibility index (Phi) is 6.80. The van der Waals surface area contributed by atoms with Gasteiger partial charge in [-0.3, -0.25) is 9.69 Å². The van der Waals surface area contributed by atoms with Crippen LogP contribution in [0.25, 0.3) is 0 Å². The van der Waals surface area contributed by atoms with E-state index < -0.39 is 5.97 Å². The van der Waals surface area contributed by atoms with Gasteiger partial charge in [0, 0.05) is 24.1 Å². The molecule has 1 aliphatic rings. The highest BCUT2D eigenvalue weighted by Gasteiger charge is 2.19. The predicted molar refractivity (Wildman–Crippen MR) is 88.0 cm³/mol. The summed E-state index contributed by atoms with van der Waals surface area (Å²) in [6, 6.07) is 5.17. The largest absolute Gasteiger partial charge is 0.491 e. The van der Waals surface area contributed by atoms with Gasteiger partial charge in [0.15, 0.2) is 0 Å². The van der Waals surface area contributed by atoms with E-state index >= 15 is 0 Å². The molecule has 0 radical (unpaired) electrons. The highest BCUT2D eigenvalue weighted by atomic mass is 35.5. The molecule has 1 heterocycles. The zero-order chi connectivity index (χ0) is 15.9. The fourth-order valence-electron chi connectivity index (χ4n) is 2.77. The molecule has 6 heteroatoms. The summed E-state index contributed by atoms with van der Waals surface area (Å²) >= 11 is 12.0. The number of rotatable bonds is 6. The first-order valence-corrected chi connectivity index (χ1v) is 8.32. The van der Waals surface area contributed by atoms with Crippen LogP contribution >= 0.6 is 23.2 Å². The number of nitrogens with zero attached hydrogens (tertiary/aromatic N) is 1. The highest BCUT2D eigenvalue weighted by molar-refractivity contribution is 6.34. The quantitative estimate of drug-likeness (QED) is 0.847. The number of carbonyl (C=O) groups is 1. The third kappa shape index (κ3) is 5.67. The average molecular weight is 346 g/mol. The summed E-state index contributed by atoms with van der Waals surface area (Å²) in [5, 5.41) is 10.0. The van der Waals surface area contributed by atoms with Gasteiger partial charge in [-0.1, -0.05) is 23.2 Å². The Hall–Kier alpha value is -0.970. The van der Waals surface area contributed by atoms with Gasteiger partial charge in [0.1, 0.15) is 12.4 Å². The molecule has 0 aromatic heterocycles. The van der Waals surface area contributed by atoms with Crippen LogP contribution in [-0.4, -0.2) is 42.2 Å². The van der Waals surface area contributed by atoms with E-state index in [1.807, 2.05) is 0 Å². The van der Waals surface area contributed by atoms with Gasteiger partial charge in [-0.2, -0.15) is 0 Å². The molecule has 0 spiro atoms. The fraction of sp³-hybridized carbons (Fsp3) is 0.562. The molecule has 0 amide bonds. The Morgan fingerprint density at radius 2 is 2.14 bits per heavy atom. The minimum Gasteiger partial charge on any atom is -0.491 e. The molecule has 0 aliphatic carbocycles. The molecular weight excluding hydrogens is 325 g/mol. The molecule has 1 aromatic carbocycles. The first kappa shape index (κ1) is 17.4. The number of likely N-dealkylation sites (tertiary alicyclic amines) is 1. The SMILES string of the molecule is O=C(O)C[C@H]1CCCN(CCOc2cc(Cl)ccc2Cl)CC1. The molecule has 1 N–H and O–H groups in total. The zero-order valence-corrected chi connectivity index (χ0v) is 13.9. The van der Waals surface area contributed by atoms with Crippen LogP contribution in [0.2, 0.25) is 10.0 Å². The molecule has 1 aromatic rings. The predicted octanol–water partition coefficient (Wildman–Crippen LogP) is 3.95. The van der Waals surface area contributed by atoms with E-state index in [-0.39, 0.29) is 6.42 Å². The molecule has 2 rings (SSSR count). The van der Waals surface area contributed by atoms with Gasteiger partial charge in [0.2, 0.25) is 0 Å². The van der Waals surface area contributed by atoms with E-state index in [2.05, 4.69) is 4.90 Å². The minimum atomic E-state index is -0.697. The number of carboxylic acid groups (broad SMARTS) is 1. The van der Waals surface area contributed by atoms with Gasteiger partial charge in [0.25, 0.3) is 0 Å². The molecule has 1 saturated heterocycles. The molecule has 22 heavy (non-hydrogen) atoms. The van der Waals surface area contributed by atoms with Crippen molar-refractivity contribution in [2.75, 3.05) is 26.2 Å². The summed E-state index contributed by atoms with van der Waals surface area (Å²) in [6.07, 6.45) is 3.24. The number of aliphatic carboxylic acids is 1. The Bertz CT molecular complexity index is 510. The van der Waals surface area contributed by atoms with Gasteiger partial charge < -0.3 is 9.84 Å². The van der Waals surface area contributed by atoms with Crippen LogP contribution in [0.5, 0.6) is 5.75 Å². The van der Waals surface area contributed by atoms with Gasteiger partial charge >= 0.3 is 5.97 Å². The molecule has 0 unspecified atom stereocenters. The maximum absolute atomic E-state index is 10.8. The maximum Gasteiger partial charge on any atom is 0.303 e. The fourth-order valence-corrected chi connectivity index (χ4v) is 3.11. The van der Waals surface area contributed by atoms with E-state index in [1.165, 1.54) is 0 Å². The smallest absolute Gasteiger partial charge is 0.303 e.